The van der Waals surface area contributed by atoms with Crippen molar-refractivity contribution in [3.63, 3.8) is 0 Å². The van der Waals surface area contributed by atoms with Crippen molar-refractivity contribution in [2.45, 2.75) is 13.5 Å². The van der Waals surface area contributed by atoms with Gasteiger partial charge in [-0.25, -0.2) is 0 Å². The van der Waals surface area contributed by atoms with E-state index in [0.717, 1.165) is 11.4 Å². The molecule has 5 nitrogen and oxygen atoms in total. The molecule has 1 heterocycles. The van der Waals surface area contributed by atoms with Crippen molar-refractivity contribution in [1.82, 2.24) is 9.88 Å². The van der Waals surface area contributed by atoms with Gasteiger partial charge in [-0.2, -0.15) is 0 Å². The molecule has 1 aromatic heterocycles. The van der Waals surface area contributed by atoms with Gasteiger partial charge < -0.3 is 15.4 Å². The summed E-state index contributed by atoms with van der Waals surface area (Å²) in [7, 11) is 1.73. The van der Waals surface area contributed by atoms with Crippen LogP contribution in [0.25, 0.3) is 0 Å². The Bertz CT molecular complexity index is 369. The van der Waals surface area contributed by atoms with Crippen LogP contribution in [0.4, 0.5) is 0 Å². The summed E-state index contributed by atoms with van der Waals surface area (Å²) in [5, 5.41) is 0. The summed E-state index contributed by atoms with van der Waals surface area (Å²) in [5.74, 6) is -0.0678. The summed E-state index contributed by atoms with van der Waals surface area (Å²) in [6, 6.07) is 5.76. The van der Waals surface area contributed by atoms with E-state index in [-0.39, 0.29) is 12.5 Å². The number of rotatable bonds is 6. The quantitative estimate of drug-likeness (QED) is 0.724. The number of likely N-dealkylation sites (N-methyl/N-ethyl adjacent to an activating group) is 1. The molecule has 0 unspecified atom stereocenters. The Kier molecular flexibility index (Phi) is 5.59. The largest absolute Gasteiger partial charge is 0.370 e. The van der Waals surface area contributed by atoms with Crippen molar-refractivity contribution in [2.75, 3.05) is 26.8 Å². The van der Waals surface area contributed by atoms with Gasteiger partial charge in [0, 0.05) is 19.3 Å². The molecule has 1 rings (SSSR count). The highest BCUT2D eigenvalue weighted by molar-refractivity contribution is 5.77. The summed E-state index contributed by atoms with van der Waals surface area (Å²) < 4.78 is 5.09. The fourth-order valence-corrected chi connectivity index (χ4v) is 1.37. The smallest absolute Gasteiger partial charge is 0.248 e. The number of carbonyl (C=O) groups excluding carboxylic acids is 1. The highest BCUT2D eigenvalue weighted by Gasteiger charge is 2.09. The zero-order valence-electron chi connectivity index (χ0n) is 10.3. The maximum atomic E-state index is 11.6. The van der Waals surface area contributed by atoms with Gasteiger partial charge in [-0.15, -0.1) is 0 Å². The van der Waals surface area contributed by atoms with E-state index in [0.29, 0.717) is 19.7 Å². The first kappa shape index (κ1) is 13.6. The molecule has 17 heavy (non-hydrogen) atoms. The van der Waals surface area contributed by atoms with E-state index in [9.17, 15) is 4.79 Å². The van der Waals surface area contributed by atoms with Gasteiger partial charge >= 0.3 is 0 Å². The highest BCUT2D eigenvalue weighted by Crippen LogP contribution is 2.02. The van der Waals surface area contributed by atoms with E-state index in [2.05, 4.69) is 4.98 Å². The van der Waals surface area contributed by atoms with Gasteiger partial charge in [0.05, 0.1) is 18.8 Å². The molecule has 0 saturated heterocycles. The number of hydrogen-bond donors (Lipinski definition) is 1. The van der Waals surface area contributed by atoms with E-state index < -0.39 is 0 Å². The van der Waals surface area contributed by atoms with Crippen LogP contribution in [-0.2, 0) is 16.1 Å². The molecule has 0 aromatic carbocycles. The Morgan fingerprint density at radius 1 is 1.53 bits per heavy atom. The lowest BCUT2D eigenvalue weighted by molar-refractivity contribution is -0.135. The summed E-state index contributed by atoms with van der Waals surface area (Å²) in [5.41, 5.74) is 7.09. The Balaban J connectivity index is 2.43. The summed E-state index contributed by atoms with van der Waals surface area (Å²) in [6.07, 6.45) is 0. The van der Waals surface area contributed by atoms with Crippen LogP contribution in [0.15, 0.2) is 18.2 Å². The third kappa shape index (κ3) is 4.93. The predicted octanol–water partition coefficient (Wildman–Crippen LogP) is 0.324. The number of pyridine rings is 1. The number of nitrogens with two attached hydrogens (primary N) is 1. The predicted molar refractivity (Wildman–Crippen MR) is 65.3 cm³/mol. The van der Waals surface area contributed by atoms with Gasteiger partial charge in [-0.05, 0) is 19.1 Å². The summed E-state index contributed by atoms with van der Waals surface area (Å²) in [6.45, 7) is 3.32. The molecule has 5 heteroatoms. The Hall–Kier alpha value is -1.46. The van der Waals surface area contributed by atoms with Crippen LogP contribution < -0.4 is 5.73 Å². The zero-order chi connectivity index (χ0) is 12.7. The molecule has 0 aliphatic carbocycles. The minimum Gasteiger partial charge on any atom is -0.370 e. The van der Waals surface area contributed by atoms with E-state index in [4.69, 9.17) is 10.5 Å². The minimum absolute atomic E-state index is 0.0678. The number of nitrogens with zero attached hydrogens (tertiary/aromatic N) is 2. The van der Waals surface area contributed by atoms with Crippen molar-refractivity contribution in [1.29, 1.82) is 0 Å². The molecule has 1 amide bonds. The van der Waals surface area contributed by atoms with Gasteiger partial charge in [-0.3, -0.25) is 9.78 Å². The number of aryl methyl sites for hydroxylation is 1. The fourth-order valence-electron chi connectivity index (χ4n) is 1.37. The number of amides is 1. The summed E-state index contributed by atoms with van der Waals surface area (Å²) in [4.78, 5) is 17.6. The van der Waals surface area contributed by atoms with Crippen molar-refractivity contribution in [3.8, 4) is 0 Å². The van der Waals surface area contributed by atoms with Crippen molar-refractivity contribution in [3.05, 3.63) is 29.6 Å². The third-order valence-electron chi connectivity index (χ3n) is 2.26. The lowest BCUT2D eigenvalue weighted by Crippen LogP contribution is -2.30. The van der Waals surface area contributed by atoms with Crippen LogP contribution in [-0.4, -0.2) is 42.6 Å². The van der Waals surface area contributed by atoms with Crippen LogP contribution in [0.3, 0.4) is 0 Å². The van der Waals surface area contributed by atoms with Gasteiger partial charge in [0.15, 0.2) is 0 Å². The van der Waals surface area contributed by atoms with E-state index >= 15 is 0 Å². The van der Waals surface area contributed by atoms with Crippen LogP contribution in [0.1, 0.15) is 11.4 Å². The Morgan fingerprint density at radius 2 is 2.29 bits per heavy atom. The molecule has 0 aliphatic heterocycles. The lowest BCUT2D eigenvalue weighted by Gasteiger charge is -2.16. The minimum atomic E-state index is -0.0678. The first-order chi connectivity index (χ1) is 8.13. The van der Waals surface area contributed by atoms with E-state index in [1.54, 1.807) is 11.9 Å². The topological polar surface area (TPSA) is 68.5 Å². The SMILES string of the molecule is Cc1cccc(CN(C)C(=O)COCCN)n1. The van der Waals surface area contributed by atoms with E-state index in [1.165, 1.54) is 0 Å². The van der Waals surface area contributed by atoms with Crippen molar-refractivity contribution < 1.29 is 9.53 Å². The normalized spacial score (nSPS) is 10.3. The average molecular weight is 237 g/mol. The molecule has 2 N–H and O–H groups in total. The lowest BCUT2D eigenvalue weighted by atomic mass is 10.3. The molecule has 0 radical (unpaired) electrons. The Morgan fingerprint density at radius 3 is 2.94 bits per heavy atom. The van der Waals surface area contributed by atoms with Crippen LogP contribution >= 0.6 is 0 Å². The monoisotopic (exact) mass is 237 g/mol. The number of carbonyl (C=O) groups is 1. The van der Waals surface area contributed by atoms with Crippen molar-refractivity contribution in [2.24, 2.45) is 5.73 Å². The first-order valence-corrected chi connectivity index (χ1v) is 5.58. The van der Waals surface area contributed by atoms with Crippen LogP contribution in [0.5, 0.6) is 0 Å². The standard InChI is InChI=1S/C12H19N3O2/c1-10-4-3-5-11(14-10)8-15(2)12(16)9-17-7-6-13/h3-5H,6-9,13H2,1-2H3. The Labute approximate surface area is 102 Å². The highest BCUT2D eigenvalue weighted by atomic mass is 16.5. The van der Waals surface area contributed by atoms with Gasteiger partial charge in [-0.1, -0.05) is 6.07 Å². The molecular weight excluding hydrogens is 218 g/mol. The summed E-state index contributed by atoms with van der Waals surface area (Å²) >= 11 is 0. The molecule has 94 valence electrons. The number of hydrogen-bond acceptors (Lipinski definition) is 4. The number of aromatic nitrogens is 1. The molecule has 0 spiro atoms. The second kappa shape index (κ2) is 6.98. The van der Waals surface area contributed by atoms with Crippen molar-refractivity contribution >= 4 is 5.91 Å². The van der Waals surface area contributed by atoms with Gasteiger partial charge in [0.25, 0.3) is 0 Å². The number of ether oxygens (including phenoxy) is 1. The van der Waals surface area contributed by atoms with E-state index in [1.807, 2.05) is 25.1 Å². The second-order valence-electron chi connectivity index (χ2n) is 3.86. The molecule has 1 aromatic rings. The first-order valence-electron chi connectivity index (χ1n) is 5.58. The maximum Gasteiger partial charge on any atom is 0.248 e. The molecule has 0 bridgehead atoms. The maximum absolute atomic E-state index is 11.6. The molecule has 0 atom stereocenters. The van der Waals surface area contributed by atoms with Gasteiger partial charge in [0.2, 0.25) is 5.91 Å². The van der Waals surface area contributed by atoms with Crippen LogP contribution in [0.2, 0.25) is 0 Å². The molecule has 0 saturated carbocycles. The molecular formula is C12H19N3O2. The third-order valence-corrected chi connectivity index (χ3v) is 2.26. The average Bonchev–Trinajstić information content (AvgIpc) is 2.29. The molecule has 0 aliphatic rings. The fraction of sp³-hybridized carbons (Fsp3) is 0.500. The molecule has 0 fully saturated rings. The second-order valence-corrected chi connectivity index (χ2v) is 3.86. The zero-order valence-corrected chi connectivity index (χ0v) is 10.3. The van der Waals surface area contributed by atoms with Crippen LogP contribution in [0, 0.1) is 6.92 Å². The van der Waals surface area contributed by atoms with Gasteiger partial charge in [0.1, 0.15) is 6.61 Å².